The van der Waals surface area contributed by atoms with Gasteiger partial charge in [0, 0.05) is 26.3 Å². The Morgan fingerprint density at radius 1 is 0.894 bits per heavy atom. The molecule has 0 saturated carbocycles. The SMILES string of the molecule is CCOC(=O)c1ccc(N2C(=O)[C@H]3[C@H](c4ccc(Br)cc4)c4sc(=O)n(CC(=O)Nc5cccc6ccccc56)c4S[C@H]3C2=O)cc1. The predicted molar refractivity (Wildman–Crippen MR) is 185 cm³/mol. The Kier molecular flexibility index (Phi) is 8.33. The third-order valence-electron chi connectivity index (χ3n) is 8.28. The third-order valence-corrected chi connectivity index (χ3v) is 11.4. The highest BCUT2D eigenvalue weighted by atomic mass is 79.9. The van der Waals surface area contributed by atoms with E-state index in [0.717, 1.165) is 48.8 Å². The van der Waals surface area contributed by atoms with Crippen LogP contribution in [0.15, 0.2) is 105 Å². The van der Waals surface area contributed by atoms with Gasteiger partial charge in [0.25, 0.3) is 0 Å². The van der Waals surface area contributed by atoms with Crippen LogP contribution in [0.5, 0.6) is 0 Å². The lowest BCUT2D eigenvalue weighted by Crippen LogP contribution is -2.33. The highest BCUT2D eigenvalue weighted by molar-refractivity contribution is 9.10. The molecular weight excluding hydrogens is 702 g/mol. The molecule has 9 nitrogen and oxygen atoms in total. The topological polar surface area (TPSA) is 115 Å². The van der Waals surface area contributed by atoms with Gasteiger partial charge in [-0.2, -0.15) is 0 Å². The molecule has 12 heteroatoms. The molecule has 1 aromatic heterocycles. The van der Waals surface area contributed by atoms with Gasteiger partial charge in [0.2, 0.25) is 17.7 Å². The fraction of sp³-hybridized carbons (Fsp3) is 0.171. The van der Waals surface area contributed by atoms with Crippen LogP contribution in [0.3, 0.4) is 0 Å². The van der Waals surface area contributed by atoms with E-state index < -0.39 is 34.9 Å². The summed E-state index contributed by atoms with van der Waals surface area (Å²) in [5.41, 5.74) is 2.06. The Morgan fingerprint density at radius 2 is 1.62 bits per heavy atom. The van der Waals surface area contributed by atoms with E-state index in [0.29, 0.717) is 26.8 Å². The van der Waals surface area contributed by atoms with Crippen LogP contribution in [-0.2, 0) is 25.7 Å². The van der Waals surface area contributed by atoms with E-state index in [9.17, 15) is 24.0 Å². The van der Waals surface area contributed by atoms with Crippen LogP contribution in [0.2, 0.25) is 0 Å². The molecule has 3 atom stereocenters. The molecule has 0 unspecified atom stereocenters. The number of nitrogens with one attached hydrogen (secondary N) is 1. The van der Waals surface area contributed by atoms with Crippen molar-refractivity contribution in [3.8, 4) is 0 Å². The molecule has 0 radical (unpaired) electrons. The Balaban J connectivity index is 1.24. The Hall–Kier alpha value is -4.52. The van der Waals surface area contributed by atoms with Gasteiger partial charge >= 0.3 is 10.8 Å². The maximum atomic E-state index is 14.2. The summed E-state index contributed by atoms with van der Waals surface area (Å²) in [6.45, 7) is 1.68. The van der Waals surface area contributed by atoms with Crippen molar-refractivity contribution in [2.45, 2.75) is 29.7 Å². The average Bonchev–Trinajstić information content (AvgIpc) is 3.51. The highest BCUT2D eigenvalue weighted by Gasteiger charge is 2.56. The predicted octanol–water partition coefficient (Wildman–Crippen LogP) is 6.44. The molecule has 1 N–H and O–H groups in total. The number of rotatable bonds is 7. The Bertz CT molecular complexity index is 2120. The van der Waals surface area contributed by atoms with Gasteiger partial charge in [-0.1, -0.05) is 87.6 Å². The maximum absolute atomic E-state index is 14.2. The maximum Gasteiger partial charge on any atom is 0.338 e. The van der Waals surface area contributed by atoms with E-state index in [1.54, 1.807) is 19.1 Å². The van der Waals surface area contributed by atoms with Crippen molar-refractivity contribution in [1.82, 2.24) is 4.57 Å². The number of aromatic nitrogens is 1. The van der Waals surface area contributed by atoms with Crippen molar-refractivity contribution >= 4 is 84.9 Å². The van der Waals surface area contributed by atoms with Crippen molar-refractivity contribution in [3.05, 3.63) is 121 Å². The van der Waals surface area contributed by atoms with Crippen LogP contribution in [0.25, 0.3) is 10.8 Å². The third kappa shape index (κ3) is 5.60. The summed E-state index contributed by atoms with van der Waals surface area (Å²) in [7, 11) is 0. The van der Waals surface area contributed by atoms with Crippen molar-refractivity contribution in [3.63, 3.8) is 0 Å². The summed E-state index contributed by atoms with van der Waals surface area (Å²) in [4.78, 5) is 68.8. The summed E-state index contributed by atoms with van der Waals surface area (Å²) < 4.78 is 7.31. The van der Waals surface area contributed by atoms with Gasteiger partial charge in [0.1, 0.15) is 11.8 Å². The molecule has 4 aromatic carbocycles. The highest BCUT2D eigenvalue weighted by Crippen LogP contribution is 2.54. The van der Waals surface area contributed by atoms with Crippen molar-refractivity contribution in [1.29, 1.82) is 0 Å². The number of nitrogens with zero attached hydrogens (tertiary/aromatic N) is 2. The van der Waals surface area contributed by atoms with Crippen LogP contribution in [0, 0.1) is 5.92 Å². The van der Waals surface area contributed by atoms with Gasteiger partial charge in [-0.15, -0.1) is 0 Å². The molecule has 1 saturated heterocycles. The fourth-order valence-corrected chi connectivity index (χ4v) is 9.21. The first-order valence-electron chi connectivity index (χ1n) is 14.8. The second-order valence-corrected chi connectivity index (χ2v) is 14.1. The largest absolute Gasteiger partial charge is 0.462 e. The first-order chi connectivity index (χ1) is 22.7. The van der Waals surface area contributed by atoms with Gasteiger partial charge in [-0.05, 0) is 60.3 Å². The monoisotopic (exact) mass is 727 g/mol. The van der Waals surface area contributed by atoms with Gasteiger partial charge in [0.05, 0.1) is 28.8 Å². The Morgan fingerprint density at radius 3 is 2.36 bits per heavy atom. The van der Waals surface area contributed by atoms with E-state index in [2.05, 4.69) is 21.2 Å². The molecule has 0 aliphatic carbocycles. The van der Waals surface area contributed by atoms with E-state index in [1.165, 1.54) is 16.7 Å². The number of esters is 1. The lowest BCUT2D eigenvalue weighted by atomic mass is 9.83. The molecule has 2 aliphatic heterocycles. The number of anilines is 2. The summed E-state index contributed by atoms with van der Waals surface area (Å²) in [6.07, 6.45) is 0. The zero-order valence-electron chi connectivity index (χ0n) is 24.8. The van der Waals surface area contributed by atoms with Crippen LogP contribution in [-0.4, -0.2) is 40.1 Å². The molecule has 236 valence electrons. The van der Waals surface area contributed by atoms with E-state index >= 15 is 0 Å². The lowest BCUT2D eigenvalue weighted by molar-refractivity contribution is -0.122. The molecule has 2 aliphatic rings. The minimum Gasteiger partial charge on any atom is -0.462 e. The minimum atomic E-state index is -0.838. The minimum absolute atomic E-state index is 0.224. The number of thioether (sulfide) groups is 1. The smallest absolute Gasteiger partial charge is 0.338 e. The van der Waals surface area contributed by atoms with Crippen LogP contribution in [0.4, 0.5) is 11.4 Å². The van der Waals surface area contributed by atoms with Gasteiger partial charge in [0.15, 0.2) is 0 Å². The fourth-order valence-electron chi connectivity index (χ4n) is 6.17. The van der Waals surface area contributed by atoms with E-state index in [4.69, 9.17) is 4.74 Å². The number of ether oxygens (including phenoxy) is 1. The van der Waals surface area contributed by atoms with Gasteiger partial charge in [-0.25, -0.2) is 9.69 Å². The first kappa shape index (κ1) is 31.1. The number of imide groups is 1. The molecular formula is C35H26BrN3O6S2. The van der Waals surface area contributed by atoms with Crippen LogP contribution < -0.4 is 15.1 Å². The first-order valence-corrected chi connectivity index (χ1v) is 17.3. The van der Waals surface area contributed by atoms with E-state index in [-0.39, 0.29) is 23.9 Å². The molecule has 47 heavy (non-hydrogen) atoms. The molecule has 1 fully saturated rings. The number of benzene rings is 4. The summed E-state index contributed by atoms with van der Waals surface area (Å²) in [6, 6.07) is 26.9. The standard InChI is InChI=1S/C35H26BrN3O6S2/c1-2-45-34(43)21-12-16-23(17-13-21)39-31(41)28-27(20-10-14-22(36)15-11-20)30-33(46-29(28)32(39)42)38(35(44)47-30)18-26(40)37-25-9-5-7-19-6-3-4-8-24(19)25/h3-17,27-29H,2,18H2,1H3,(H,37,40)/t27-,28-,29+/m0/s1. The van der Waals surface area contributed by atoms with Crippen molar-refractivity contribution in [2.75, 3.05) is 16.8 Å². The van der Waals surface area contributed by atoms with E-state index in [1.807, 2.05) is 66.7 Å². The second kappa shape index (κ2) is 12.6. The molecule has 7 rings (SSSR count). The van der Waals surface area contributed by atoms with Crippen molar-refractivity contribution < 1.29 is 23.9 Å². The summed E-state index contributed by atoms with van der Waals surface area (Å²) >= 11 is 5.61. The Labute approximate surface area is 285 Å². The van der Waals surface area contributed by atoms with Gasteiger partial charge in [-0.3, -0.25) is 23.7 Å². The number of thiazole rings is 1. The molecule has 0 bridgehead atoms. The zero-order chi connectivity index (χ0) is 32.8. The number of hydrogen-bond donors (Lipinski definition) is 1. The summed E-state index contributed by atoms with van der Waals surface area (Å²) in [5, 5.41) is 4.46. The van der Waals surface area contributed by atoms with Crippen molar-refractivity contribution in [2.24, 2.45) is 5.92 Å². The quantitative estimate of drug-likeness (QED) is 0.152. The number of amides is 3. The molecule has 0 spiro atoms. The zero-order valence-corrected chi connectivity index (χ0v) is 28.1. The number of carbonyl (C=O) groups is 4. The number of carbonyl (C=O) groups excluding carboxylic acids is 4. The normalized spacial score (nSPS) is 18.6. The van der Waals surface area contributed by atoms with Crippen LogP contribution in [0.1, 0.15) is 33.6 Å². The molecule has 3 heterocycles. The second-order valence-electron chi connectivity index (χ2n) is 11.1. The average molecular weight is 729 g/mol. The molecule has 3 amide bonds. The van der Waals surface area contributed by atoms with Crippen LogP contribution >= 0.6 is 39.0 Å². The molecule has 5 aromatic rings. The number of hydrogen-bond acceptors (Lipinski definition) is 8. The lowest BCUT2D eigenvalue weighted by Gasteiger charge is -2.30. The van der Waals surface area contributed by atoms with Gasteiger partial charge < -0.3 is 10.1 Å². The summed E-state index contributed by atoms with van der Waals surface area (Å²) in [5.74, 6) is -3.08. The number of halogens is 1. The number of fused-ring (bicyclic) bond motifs is 3.